The number of nitrogens with zero attached hydrogens (tertiary/aromatic N) is 1. The van der Waals surface area contributed by atoms with Crippen molar-refractivity contribution >= 4 is 21.6 Å². The lowest BCUT2D eigenvalue weighted by molar-refractivity contribution is 0.00857. The lowest BCUT2D eigenvalue weighted by Gasteiger charge is -2.27. The molecule has 1 aromatic rings. The van der Waals surface area contributed by atoms with E-state index < -0.39 is 10.0 Å². The highest BCUT2D eigenvalue weighted by atomic mass is 35.5. The molecule has 2 rings (SSSR count). The number of likely N-dealkylation sites (N-methyl/N-ethyl adjacent to an activating group) is 1. The lowest BCUT2D eigenvalue weighted by Crippen LogP contribution is -2.37. The summed E-state index contributed by atoms with van der Waals surface area (Å²) in [6.07, 6.45) is 2.98. The van der Waals surface area contributed by atoms with E-state index in [-0.39, 0.29) is 16.9 Å². The summed E-state index contributed by atoms with van der Waals surface area (Å²) in [5, 5.41) is 0. The third kappa shape index (κ3) is 3.44. The summed E-state index contributed by atoms with van der Waals surface area (Å²) < 4.78 is 37.9. The van der Waals surface area contributed by atoms with Gasteiger partial charge in [-0.2, -0.15) is 4.31 Å². The van der Waals surface area contributed by atoms with Crippen LogP contribution in [0.3, 0.4) is 0 Å². The first-order valence-electron chi connectivity index (χ1n) is 7.10. The molecule has 2 heterocycles. The van der Waals surface area contributed by atoms with Gasteiger partial charge >= 0.3 is 0 Å². The fraction of sp³-hybridized carbons (Fsp3) is 0.714. The molecule has 1 unspecified atom stereocenters. The number of halogens is 1. The quantitative estimate of drug-likeness (QED) is 0.776. The van der Waals surface area contributed by atoms with Crippen molar-refractivity contribution in [2.24, 2.45) is 0 Å². The molecule has 7 heteroatoms. The number of sulfonamides is 1. The largest absolute Gasteiger partial charge is 0.465 e. The average molecular weight is 336 g/mol. The van der Waals surface area contributed by atoms with Crippen molar-refractivity contribution in [3.8, 4) is 0 Å². The molecular formula is C14H22ClNO4S. The molecule has 0 amide bonds. The zero-order valence-corrected chi connectivity index (χ0v) is 14.3. The van der Waals surface area contributed by atoms with Gasteiger partial charge in [0.15, 0.2) is 0 Å². The fourth-order valence-electron chi connectivity index (χ4n) is 2.69. The number of furan rings is 1. The first kappa shape index (κ1) is 16.8. The van der Waals surface area contributed by atoms with Crippen molar-refractivity contribution in [2.75, 3.05) is 20.2 Å². The van der Waals surface area contributed by atoms with Gasteiger partial charge < -0.3 is 9.15 Å². The molecule has 0 aromatic carbocycles. The van der Waals surface area contributed by atoms with Crippen LogP contribution in [0.25, 0.3) is 0 Å². The van der Waals surface area contributed by atoms with Crippen molar-refractivity contribution in [3.63, 3.8) is 0 Å². The van der Waals surface area contributed by atoms with E-state index in [1.165, 1.54) is 4.31 Å². The van der Waals surface area contributed by atoms with Crippen LogP contribution in [-0.4, -0.2) is 39.0 Å². The third-order valence-electron chi connectivity index (χ3n) is 3.86. The highest BCUT2D eigenvalue weighted by Crippen LogP contribution is 2.30. The van der Waals surface area contributed by atoms with E-state index in [0.717, 1.165) is 19.3 Å². The Labute approximate surface area is 131 Å². The van der Waals surface area contributed by atoms with Crippen LogP contribution in [0.15, 0.2) is 9.31 Å². The standard InChI is InChI=1S/C14H22ClNO4S/c1-10-13(8-15)14(11(2)20-10)21(17,18)16(3)9-12-6-4-5-7-19-12/h12H,4-9H2,1-3H3. The van der Waals surface area contributed by atoms with Crippen LogP contribution in [0.1, 0.15) is 36.3 Å². The second-order valence-corrected chi connectivity index (χ2v) is 7.68. The van der Waals surface area contributed by atoms with Crippen LogP contribution < -0.4 is 0 Å². The minimum Gasteiger partial charge on any atom is -0.465 e. The number of alkyl halides is 1. The molecule has 0 N–H and O–H groups in total. The van der Waals surface area contributed by atoms with E-state index in [1.54, 1.807) is 20.9 Å². The van der Waals surface area contributed by atoms with Crippen LogP contribution in [0.2, 0.25) is 0 Å². The van der Waals surface area contributed by atoms with E-state index in [9.17, 15) is 8.42 Å². The summed E-state index contributed by atoms with van der Waals surface area (Å²) in [6, 6.07) is 0. The van der Waals surface area contributed by atoms with E-state index in [2.05, 4.69) is 0 Å². The molecular weight excluding hydrogens is 314 g/mol. The van der Waals surface area contributed by atoms with Crippen molar-refractivity contribution in [3.05, 3.63) is 17.1 Å². The predicted molar refractivity (Wildman–Crippen MR) is 81.1 cm³/mol. The van der Waals surface area contributed by atoms with Gasteiger partial charge in [0, 0.05) is 25.8 Å². The molecule has 5 nitrogen and oxygen atoms in total. The van der Waals surface area contributed by atoms with Gasteiger partial charge in [0.05, 0.1) is 12.0 Å². The number of hydrogen-bond donors (Lipinski definition) is 0. The summed E-state index contributed by atoms with van der Waals surface area (Å²) in [7, 11) is -2.04. The molecule has 0 saturated carbocycles. The molecule has 0 aliphatic carbocycles. The first-order chi connectivity index (χ1) is 9.87. The molecule has 1 aliphatic heterocycles. The molecule has 1 atom stereocenters. The molecule has 0 bridgehead atoms. The molecule has 1 aliphatic rings. The minimum atomic E-state index is -3.62. The second kappa shape index (κ2) is 6.69. The maximum Gasteiger partial charge on any atom is 0.246 e. The van der Waals surface area contributed by atoms with Crippen LogP contribution in [0, 0.1) is 13.8 Å². The van der Waals surface area contributed by atoms with E-state index in [0.29, 0.717) is 30.2 Å². The van der Waals surface area contributed by atoms with Crippen LogP contribution in [-0.2, 0) is 20.6 Å². The smallest absolute Gasteiger partial charge is 0.246 e. The van der Waals surface area contributed by atoms with Gasteiger partial charge in [-0.15, -0.1) is 11.6 Å². The molecule has 0 radical (unpaired) electrons. The summed E-state index contributed by atoms with van der Waals surface area (Å²) in [4.78, 5) is 0.202. The van der Waals surface area contributed by atoms with Crippen LogP contribution >= 0.6 is 11.6 Å². The Hall–Kier alpha value is -0.560. The van der Waals surface area contributed by atoms with Crippen LogP contribution in [0.4, 0.5) is 0 Å². The zero-order valence-electron chi connectivity index (χ0n) is 12.7. The Balaban J connectivity index is 2.24. The van der Waals surface area contributed by atoms with Crippen molar-refractivity contribution in [1.29, 1.82) is 0 Å². The van der Waals surface area contributed by atoms with Gasteiger partial charge in [0.25, 0.3) is 0 Å². The van der Waals surface area contributed by atoms with Gasteiger partial charge in [-0.1, -0.05) is 0 Å². The van der Waals surface area contributed by atoms with Crippen molar-refractivity contribution in [1.82, 2.24) is 4.31 Å². The Morgan fingerprint density at radius 1 is 1.29 bits per heavy atom. The molecule has 1 saturated heterocycles. The van der Waals surface area contributed by atoms with Gasteiger partial charge in [-0.25, -0.2) is 8.42 Å². The van der Waals surface area contributed by atoms with Gasteiger partial charge in [0.1, 0.15) is 16.4 Å². The van der Waals surface area contributed by atoms with Gasteiger partial charge in [0.2, 0.25) is 10.0 Å². The summed E-state index contributed by atoms with van der Waals surface area (Å²) >= 11 is 5.89. The maximum absolute atomic E-state index is 12.8. The zero-order chi connectivity index (χ0) is 15.6. The highest BCUT2D eigenvalue weighted by molar-refractivity contribution is 7.89. The monoisotopic (exact) mass is 335 g/mol. The topological polar surface area (TPSA) is 59.8 Å². The molecule has 1 aromatic heterocycles. The van der Waals surface area contributed by atoms with Crippen molar-refractivity contribution < 1.29 is 17.6 Å². The molecule has 0 spiro atoms. The molecule has 1 fully saturated rings. The van der Waals surface area contributed by atoms with Gasteiger partial charge in [-0.3, -0.25) is 0 Å². The van der Waals surface area contributed by atoms with Gasteiger partial charge in [-0.05, 0) is 33.1 Å². The molecule has 120 valence electrons. The normalized spacial score (nSPS) is 20.1. The minimum absolute atomic E-state index is 0.0359. The Morgan fingerprint density at radius 2 is 2.00 bits per heavy atom. The molecule has 21 heavy (non-hydrogen) atoms. The number of ether oxygens (including phenoxy) is 1. The van der Waals surface area contributed by atoms with Crippen molar-refractivity contribution in [2.45, 2.75) is 50.0 Å². The predicted octanol–water partition coefficient (Wildman–Crippen LogP) is 2.82. The third-order valence-corrected chi connectivity index (χ3v) is 6.15. The first-order valence-corrected chi connectivity index (χ1v) is 9.08. The van der Waals surface area contributed by atoms with E-state index >= 15 is 0 Å². The lowest BCUT2D eigenvalue weighted by atomic mass is 10.1. The highest BCUT2D eigenvalue weighted by Gasteiger charge is 2.31. The van der Waals surface area contributed by atoms with Crippen LogP contribution in [0.5, 0.6) is 0 Å². The number of aryl methyl sites for hydroxylation is 2. The fourth-order valence-corrected chi connectivity index (χ4v) is 4.70. The maximum atomic E-state index is 12.8. The summed E-state index contributed by atoms with van der Waals surface area (Å²) in [5.74, 6) is 1.06. The number of rotatable bonds is 5. The van der Waals surface area contributed by atoms with E-state index in [4.69, 9.17) is 20.8 Å². The second-order valence-electron chi connectivity index (χ2n) is 5.43. The Bertz CT molecular complexity index is 590. The summed E-state index contributed by atoms with van der Waals surface area (Å²) in [6.45, 7) is 4.44. The summed E-state index contributed by atoms with van der Waals surface area (Å²) in [5.41, 5.74) is 0.547. The Kier molecular flexibility index (Phi) is 5.35. The number of hydrogen-bond acceptors (Lipinski definition) is 4. The van der Waals surface area contributed by atoms with E-state index in [1.807, 2.05) is 0 Å². The Morgan fingerprint density at radius 3 is 2.57 bits per heavy atom. The average Bonchev–Trinajstić information content (AvgIpc) is 2.74. The SMILES string of the molecule is Cc1oc(C)c(S(=O)(=O)N(C)CC2CCCCO2)c1CCl.